The minimum absolute atomic E-state index is 0.0698. The zero-order valence-electron chi connectivity index (χ0n) is 10.5. The van der Waals surface area contributed by atoms with Crippen molar-refractivity contribution in [1.29, 1.82) is 0 Å². The van der Waals surface area contributed by atoms with Gasteiger partial charge in [-0.05, 0) is 25.7 Å². The number of nitrogens with zero attached hydrogens (tertiary/aromatic N) is 3. The largest absolute Gasteiger partial charge is 0.387 e. The molecular weight excluding hydrogens is 254 g/mol. The van der Waals surface area contributed by atoms with E-state index in [1.165, 1.54) is 10.5 Å². The average Bonchev–Trinajstić information content (AvgIpc) is 3.02. The molecule has 1 aliphatic carbocycles. The molecule has 1 N–H and O–H groups in total. The van der Waals surface area contributed by atoms with Gasteiger partial charge in [0, 0.05) is 26.3 Å². The van der Waals surface area contributed by atoms with Gasteiger partial charge in [-0.3, -0.25) is 0 Å². The van der Waals surface area contributed by atoms with Gasteiger partial charge in [-0.1, -0.05) is 0 Å². The molecule has 1 saturated heterocycles. The minimum atomic E-state index is -3.54. The van der Waals surface area contributed by atoms with Crippen molar-refractivity contribution in [2.45, 2.75) is 30.4 Å². The fourth-order valence-corrected chi connectivity index (χ4v) is 3.99. The Balaban J connectivity index is 1.80. The normalized spacial score (nSPS) is 23.9. The topological polar surface area (TPSA) is 75.4 Å². The van der Waals surface area contributed by atoms with E-state index in [0.29, 0.717) is 5.82 Å². The van der Waals surface area contributed by atoms with Gasteiger partial charge in [-0.15, -0.1) is 0 Å². The van der Waals surface area contributed by atoms with E-state index >= 15 is 0 Å². The van der Waals surface area contributed by atoms with Crippen LogP contribution in [0.4, 0.5) is 0 Å². The van der Waals surface area contributed by atoms with Crippen molar-refractivity contribution < 1.29 is 13.5 Å². The molecule has 2 heterocycles. The lowest BCUT2D eigenvalue weighted by atomic mass is 9.91. The van der Waals surface area contributed by atoms with Crippen molar-refractivity contribution in [3.05, 3.63) is 12.0 Å². The molecule has 0 amide bonds. The Hall–Kier alpha value is -0.920. The van der Waals surface area contributed by atoms with Gasteiger partial charge >= 0.3 is 0 Å². The predicted octanol–water partition coefficient (Wildman–Crippen LogP) is -0.126. The number of imidazole rings is 1. The number of sulfonamides is 1. The lowest BCUT2D eigenvalue weighted by Gasteiger charge is -2.45. The second kappa shape index (κ2) is 3.55. The average molecular weight is 271 g/mol. The summed E-state index contributed by atoms with van der Waals surface area (Å²) in [7, 11) is -1.78. The van der Waals surface area contributed by atoms with Gasteiger partial charge in [0.1, 0.15) is 5.82 Å². The second-order valence-electron chi connectivity index (χ2n) is 5.39. The van der Waals surface area contributed by atoms with Gasteiger partial charge in [-0.25, -0.2) is 13.4 Å². The van der Waals surface area contributed by atoms with Crippen LogP contribution in [0.5, 0.6) is 0 Å². The van der Waals surface area contributed by atoms with E-state index < -0.39 is 15.6 Å². The number of aryl methyl sites for hydroxylation is 2. The third-order valence-electron chi connectivity index (χ3n) is 3.93. The van der Waals surface area contributed by atoms with Gasteiger partial charge in [-0.2, -0.15) is 4.31 Å². The quantitative estimate of drug-likeness (QED) is 0.831. The number of hydrogen-bond acceptors (Lipinski definition) is 4. The van der Waals surface area contributed by atoms with Crippen molar-refractivity contribution in [1.82, 2.24) is 13.9 Å². The number of hydrogen-bond donors (Lipinski definition) is 1. The summed E-state index contributed by atoms with van der Waals surface area (Å²) < 4.78 is 27.5. The van der Waals surface area contributed by atoms with Crippen LogP contribution in [0, 0.1) is 12.8 Å². The van der Waals surface area contributed by atoms with Crippen molar-refractivity contribution in [2.24, 2.45) is 13.0 Å². The van der Waals surface area contributed by atoms with Crippen LogP contribution < -0.4 is 0 Å². The van der Waals surface area contributed by atoms with E-state index in [0.717, 1.165) is 12.8 Å². The van der Waals surface area contributed by atoms with Gasteiger partial charge in [0.25, 0.3) is 10.0 Å². The molecule has 1 aliphatic heterocycles. The van der Waals surface area contributed by atoms with Crippen LogP contribution in [0.25, 0.3) is 0 Å². The highest BCUT2D eigenvalue weighted by atomic mass is 32.2. The van der Waals surface area contributed by atoms with Crippen LogP contribution in [-0.4, -0.2) is 46.1 Å². The van der Waals surface area contributed by atoms with Crippen molar-refractivity contribution in [3.63, 3.8) is 0 Å². The Morgan fingerprint density at radius 2 is 2.06 bits per heavy atom. The Bertz CT molecular complexity index is 563. The van der Waals surface area contributed by atoms with E-state index in [4.69, 9.17) is 0 Å². The van der Waals surface area contributed by atoms with Gasteiger partial charge < -0.3 is 9.67 Å². The van der Waals surface area contributed by atoms with E-state index in [2.05, 4.69) is 4.98 Å². The van der Waals surface area contributed by atoms with E-state index in [1.54, 1.807) is 18.5 Å². The first-order valence-electron chi connectivity index (χ1n) is 6.05. The molecule has 0 unspecified atom stereocenters. The summed E-state index contributed by atoms with van der Waals surface area (Å²) in [5.41, 5.74) is -0.795. The highest BCUT2D eigenvalue weighted by molar-refractivity contribution is 7.89. The summed E-state index contributed by atoms with van der Waals surface area (Å²) in [6.45, 7) is 2.17. The summed E-state index contributed by atoms with van der Waals surface area (Å²) in [6.07, 6.45) is 3.53. The molecule has 1 saturated carbocycles. The monoisotopic (exact) mass is 271 g/mol. The Kier molecular flexibility index (Phi) is 2.39. The molecular formula is C11H17N3O3S. The van der Waals surface area contributed by atoms with Gasteiger partial charge in [0.15, 0.2) is 5.03 Å². The maximum atomic E-state index is 12.2. The van der Waals surface area contributed by atoms with Crippen LogP contribution in [0.2, 0.25) is 0 Å². The molecule has 18 heavy (non-hydrogen) atoms. The molecule has 1 aromatic rings. The fourth-order valence-electron chi connectivity index (χ4n) is 2.40. The molecule has 3 rings (SSSR count). The lowest BCUT2D eigenvalue weighted by molar-refractivity contribution is -0.0765. The highest BCUT2D eigenvalue weighted by Crippen LogP contribution is 2.45. The molecule has 0 radical (unpaired) electrons. The molecule has 0 atom stereocenters. The molecule has 0 spiro atoms. The Morgan fingerprint density at radius 1 is 1.44 bits per heavy atom. The van der Waals surface area contributed by atoms with E-state index in [-0.39, 0.29) is 24.0 Å². The summed E-state index contributed by atoms with van der Waals surface area (Å²) in [5, 5.41) is 10.2. The lowest BCUT2D eigenvalue weighted by Crippen LogP contribution is -2.64. The molecule has 100 valence electrons. The molecule has 7 heteroatoms. The Morgan fingerprint density at radius 3 is 2.50 bits per heavy atom. The van der Waals surface area contributed by atoms with Crippen molar-refractivity contribution >= 4 is 10.0 Å². The number of β-amino-alcohol motifs (C(OH)–C–C–N with tert-alkyl or cyclic N) is 1. The SMILES string of the molecule is Cc1nc(S(=O)(=O)N2CC(O)(C3CC3)C2)cn1C. The molecule has 2 aliphatic rings. The standard InChI is InChI=1S/C11H17N3O3S/c1-8-12-10(5-13(8)2)18(16,17)14-6-11(15,7-14)9-3-4-9/h5,9,15H,3-4,6-7H2,1-2H3. The molecule has 1 aromatic heterocycles. The first-order chi connectivity index (χ1) is 8.33. The zero-order chi connectivity index (χ0) is 13.1. The summed E-state index contributed by atoms with van der Waals surface area (Å²) >= 11 is 0. The maximum absolute atomic E-state index is 12.2. The zero-order valence-corrected chi connectivity index (χ0v) is 11.3. The summed E-state index contributed by atoms with van der Waals surface area (Å²) in [4.78, 5) is 4.04. The number of aliphatic hydroxyl groups is 1. The molecule has 0 aromatic carbocycles. The summed E-state index contributed by atoms with van der Waals surface area (Å²) in [5.74, 6) is 0.945. The van der Waals surface area contributed by atoms with Crippen LogP contribution in [0.15, 0.2) is 11.2 Å². The van der Waals surface area contributed by atoms with E-state index in [1.807, 2.05) is 0 Å². The van der Waals surface area contributed by atoms with Crippen molar-refractivity contribution in [2.75, 3.05) is 13.1 Å². The van der Waals surface area contributed by atoms with Gasteiger partial charge in [0.05, 0.1) is 5.60 Å². The Labute approximate surface area is 106 Å². The highest BCUT2D eigenvalue weighted by Gasteiger charge is 2.55. The number of rotatable bonds is 3. The predicted molar refractivity (Wildman–Crippen MR) is 64.4 cm³/mol. The van der Waals surface area contributed by atoms with Crippen LogP contribution in [0.3, 0.4) is 0 Å². The van der Waals surface area contributed by atoms with Crippen molar-refractivity contribution in [3.8, 4) is 0 Å². The first kappa shape index (κ1) is 12.1. The first-order valence-corrected chi connectivity index (χ1v) is 7.49. The van der Waals surface area contributed by atoms with Gasteiger partial charge in [0.2, 0.25) is 0 Å². The third-order valence-corrected chi connectivity index (χ3v) is 5.59. The fraction of sp³-hybridized carbons (Fsp3) is 0.727. The van der Waals surface area contributed by atoms with Crippen LogP contribution >= 0.6 is 0 Å². The summed E-state index contributed by atoms with van der Waals surface area (Å²) in [6, 6.07) is 0. The minimum Gasteiger partial charge on any atom is -0.387 e. The van der Waals surface area contributed by atoms with E-state index in [9.17, 15) is 13.5 Å². The second-order valence-corrected chi connectivity index (χ2v) is 7.27. The molecule has 0 bridgehead atoms. The molecule has 2 fully saturated rings. The molecule has 6 nitrogen and oxygen atoms in total. The van der Waals surface area contributed by atoms with Crippen LogP contribution in [0.1, 0.15) is 18.7 Å². The third kappa shape index (κ3) is 1.69. The smallest absolute Gasteiger partial charge is 0.262 e. The number of aromatic nitrogens is 2. The maximum Gasteiger partial charge on any atom is 0.262 e. The van der Waals surface area contributed by atoms with Crippen LogP contribution in [-0.2, 0) is 17.1 Å².